The quantitative estimate of drug-likeness (QED) is 0.779. The van der Waals surface area contributed by atoms with Gasteiger partial charge in [-0.3, -0.25) is 4.98 Å². The standard InChI is InChI=1S/C18H15FN4O/c19-16-3-1-2-12(16)6-14-10-21-18(23-22-14)15-7-11-4-5-20-9-13(11)8-17(15)24/h4-10,16,24H,1-3H2/b12-6-/t16-/m1/s1. The van der Waals surface area contributed by atoms with E-state index in [0.29, 0.717) is 23.5 Å². The van der Waals surface area contributed by atoms with Crippen molar-refractivity contribution in [3.63, 3.8) is 0 Å². The summed E-state index contributed by atoms with van der Waals surface area (Å²) in [5.41, 5.74) is 1.78. The molecule has 1 saturated carbocycles. The van der Waals surface area contributed by atoms with Gasteiger partial charge >= 0.3 is 0 Å². The summed E-state index contributed by atoms with van der Waals surface area (Å²) in [6.07, 6.45) is 7.95. The summed E-state index contributed by atoms with van der Waals surface area (Å²) in [6.45, 7) is 0. The van der Waals surface area contributed by atoms with Gasteiger partial charge in [-0.25, -0.2) is 9.37 Å². The Morgan fingerprint density at radius 3 is 2.83 bits per heavy atom. The Balaban J connectivity index is 1.69. The molecule has 0 amide bonds. The summed E-state index contributed by atoms with van der Waals surface area (Å²) in [5.74, 6) is 0.402. The van der Waals surface area contributed by atoms with E-state index >= 15 is 0 Å². The molecule has 6 heteroatoms. The molecule has 5 nitrogen and oxygen atoms in total. The molecular formula is C18H15FN4O. The van der Waals surface area contributed by atoms with Crippen LogP contribution < -0.4 is 0 Å². The molecule has 1 fully saturated rings. The summed E-state index contributed by atoms with van der Waals surface area (Å²) in [6, 6.07) is 5.28. The number of benzene rings is 1. The predicted octanol–water partition coefficient (Wildman–Crippen LogP) is 3.70. The van der Waals surface area contributed by atoms with Crippen LogP contribution in [0, 0.1) is 0 Å². The second kappa shape index (κ2) is 5.96. The molecule has 2 aromatic heterocycles. The van der Waals surface area contributed by atoms with Gasteiger partial charge in [0.25, 0.3) is 0 Å². The third kappa shape index (κ3) is 2.71. The molecule has 0 saturated heterocycles. The largest absolute Gasteiger partial charge is 0.507 e. The van der Waals surface area contributed by atoms with Crippen molar-refractivity contribution < 1.29 is 9.50 Å². The molecule has 1 atom stereocenters. The number of aromatic hydroxyl groups is 1. The summed E-state index contributed by atoms with van der Waals surface area (Å²) < 4.78 is 13.6. The molecule has 0 aliphatic heterocycles. The highest BCUT2D eigenvalue weighted by Gasteiger charge is 2.20. The molecular weight excluding hydrogens is 307 g/mol. The van der Waals surface area contributed by atoms with Crippen LogP contribution >= 0.6 is 0 Å². The SMILES string of the molecule is Oc1cc2cnccc2cc1-c1ncc(/C=C2/CCC[C@H]2F)nn1. The van der Waals surface area contributed by atoms with E-state index in [1.54, 1.807) is 36.8 Å². The zero-order valence-corrected chi connectivity index (χ0v) is 12.9. The van der Waals surface area contributed by atoms with E-state index in [9.17, 15) is 9.50 Å². The van der Waals surface area contributed by atoms with Crippen LogP contribution in [0.1, 0.15) is 25.0 Å². The Bertz CT molecular complexity index is 924. The molecule has 120 valence electrons. The Labute approximate surface area is 137 Å². The van der Waals surface area contributed by atoms with Gasteiger partial charge < -0.3 is 5.11 Å². The zero-order valence-electron chi connectivity index (χ0n) is 12.9. The van der Waals surface area contributed by atoms with Crippen molar-refractivity contribution in [2.24, 2.45) is 0 Å². The van der Waals surface area contributed by atoms with E-state index in [1.807, 2.05) is 6.07 Å². The average molecular weight is 322 g/mol. The van der Waals surface area contributed by atoms with Crippen molar-refractivity contribution in [1.82, 2.24) is 20.2 Å². The fourth-order valence-electron chi connectivity index (χ4n) is 2.96. The maximum absolute atomic E-state index is 13.6. The number of allylic oxidation sites excluding steroid dienone is 1. The van der Waals surface area contributed by atoms with E-state index < -0.39 is 6.17 Å². The first-order chi connectivity index (χ1) is 11.7. The third-order valence-electron chi connectivity index (χ3n) is 4.23. The first-order valence-corrected chi connectivity index (χ1v) is 7.82. The maximum Gasteiger partial charge on any atom is 0.185 e. The Morgan fingerprint density at radius 2 is 2.08 bits per heavy atom. The van der Waals surface area contributed by atoms with Gasteiger partial charge in [-0.1, -0.05) is 0 Å². The number of halogens is 1. The molecule has 0 bridgehead atoms. The molecule has 2 heterocycles. The number of alkyl halides is 1. The first-order valence-electron chi connectivity index (χ1n) is 7.82. The topological polar surface area (TPSA) is 71.8 Å². The van der Waals surface area contributed by atoms with Crippen molar-refractivity contribution >= 4 is 16.8 Å². The summed E-state index contributed by atoms with van der Waals surface area (Å²) in [4.78, 5) is 8.30. The normalized spacial score (nSPS) is 19.2. The van der Waals surface area contributed by atoms with Crippen LogP contribution in [0.15, 0.2) is 42.4 Å². The predicted molar refractivity (Wildman–Crippen MR) is 89.0 cm³/mol. The lowest BCUT2D eigenvalue weighted by Gasteiger charge is -2.06. The minimum atomic E-state index is -0.885. The Hall–Kier alpha value is -2.89. The highest BCUT2D eigenvalue weighted by molar-refractivity contribution is 5.88. The lowest BCUT2D eigenvalue weighted by atomic mass is 10.1. The number of phenols is 1. The monoisotopic (exact) mass is 322 g/mol. The van der Waals surface area contributed by atoms with Crippen LogP contribution in [0.5, 0.6) is 5.75 Å². The molecule has 24 heavy (non-hydrogen) atoms. The van der Waals surface area contributed by atoms with Crippen molar-refractivity contribution in [1.29, 1.82) is 0 Å². The summed E-state index contributed by atoms with van der Waals surface area (Å²) in [7, 11) is 0. The summed E-state index contributed by atoms with van der Waals surface area (Å²) in [5, 5.41) is 20.1. The van der Waals surface area contributed by atoms with E-state index in [-0.39, 0.29) is 5.75 Å². The maximum atomic E-state index is 13.6. The Kier molecular flexibility index (Phi) is 3.65. The Morgan fingerprint density at radius 1 is 1.17 bits per heavy atom. The molecule has 3 aromatic rings. The number of hydrogen-bond donors (Lipinski definition) is 1. The molecule has 4 rings (SSSR count). The zero-order chi connectivity index (χ0) is 16.5. The molecule has 0 radical (unpaired) electrons. The summed E-state index contributed by atoms with van der Waals surface area (Å²) >= 11 is 0. The van der Waals surface area contributed by atoms with E-state index in [1.165, 1.54) is 0 Å². The van der Waals surface area contributed by atoms with Crippen LogP contribution in [0.4, 0.5) is 4.39 Å². The van der Waals surface area contributed by atoms with Crippen molar-refractivity contribution in [3.05, 3.63) is 48.1 Å². The van der Waals surface area contributed by atoms with E-state index in [2.05, 4.69) is 20.2 Å². The van der Waals surface area contributed by atoms with Crippen LogP contribution in [0.3, 0.4) is 0 Å². The number of hydrogen-bond acceptors (Lipinski definition) is 5. The molecule has 1 aliphatic rings. The number of nitrogens with zero attached hydrogens (tertiary/aromatic N) is 4. The van der Waals surface area contributed by atoms with Crippen LogP contribution in [0.2, 0.25) is 0 Å². The van der Waals surface area contributed by atoms with Gasteiger partial charge in [-0.05, 0) is 54.5 Å². The number of pyridine rings is 1. The number of fused-ring (bicyclic) bond motifs is 1. The third-order valence-corrected chi connectivity index (χ3v) is 4.23. The minimum Gasteiger partial charge on any atom is -0.507 e. The molecule has 1 N–H and O–H groups in total. The van der Waals surface area contributed by atoms with Gasteiger partial charge in [0.15, 0.2) is 5.82 Å². The van der Waals surface area contributed by atoms with Gasteiger partial charge in [-0.2, -0.15) is 0 Å². The van der Waals surface area contributed by atoms with Crippen LogP contribution in [-0.2, 0) is 0 Å². The van der Waals surface area contributed by atoms with E-state index in [4.69, 9.17) is 0 Å². The molecule has 1 aliphatic carbocycles. The van der Waals surface area contributed by atoms with Crippen molar-refractivity contribution in [2.75, 3.05) is 0 Å². The number of aromatic nitrogens is 4. The average Bonchev–Trinajstić information content (AvgIpc) is 3.00. The van der Waals surface area contributed by atoms with Gasteiger partial charge in [0, 0.05) is 17.8 Å². The van der Waals surface area contributed by atoms with E-state index in [0.717, 1.165) is 29.2 Å². The van der Waals surface area contributed by atoms with Crippen molar-refractivity contribution in [2.45, 2.75) is 25.4 Å². The second-order valence-corrected chi connectivity index (χ2v) is 5.88. The molecule has 0 unspecified atom stereocenters. The fourth-order valence-corrected chi connectivity index (χ4v) is 2.96. The minimum absolute atomic E-state index is 0.0722. The van der Waals surface area contributed by atoms with Crippen molar-refractivity contribution in [3.8, 4) is 17.1 Å². The van der Waals surface area contributed by atoms with Gasteiger partial charge in [0.05, 0.1) is 11.8 Å². The van der Waals surface area contributed by atoms with Gasteiger partial charge in [0.2, 0.25) is 0 Å². The fraction of sp³-hybridized carbons (Fsp3) is 0.222. The van der Waals surface area contributed by atoms with Gasteiger partial charge in [-0.15, -0.1) is 10.2 Å². The molecule has 1 aromatic carbocycles. The lowest BCUT2D eigenvalue weighted by Crippen LogP contribution is -1.98. The highest BCUT2D eigenvalue weighted by atomic mass is 19.1. The van der Waals surface area contributed by atoms with Gasteiger partial charge in [0.1, 0.15) is 17.6 Å². The smallest absolute Gasteiger partial charge is 0.185 e. The van der Waals surface area contributed by atoms with Crippen LogP contribution in [0.25, 0.3) is 28.2 Å². The highest BCUT2D eigenvalue weighted by Crippen LogP contribution is 2.31. The lowest BCUT2D eigenvalue weighted by molar-refractivity contribution is 0.391. The second-order valence-electron chi connectivity index (χ2n) is 5.88. The first kappa shape index (κ1) is 14.7. The number of rotatable bonds is 2. The van der Waals surface area contributed by atoms with Crippen LogP contribution in [-0.4, -0.2) is 31.4 Å². The molecule has 0 spiro atoms. The number of phenolic OH excluding ortho intramolecular Hbond substituents is 1.